The van der Waals surface area contributed by atoms with E-state index >= 15 is 0 Å². The fourth-order valence-corrected chi connectivity index (χ4v) is 4.20. The third-order valence-electron chi connectivity index (χ3n) is 4.33. The topological polar surface area (TPSA) is 31.4 Å². The Morgan fingerprint density at radius 1 is 1.06 bits per heavy atom. The second kappa shape index (κ2) is 10.4. The highest BCUT2D eigenvalue weighted by Crippen LogP contribution is 2.40. The maximum Gasteiger partial charge on any atom is 0.427 e. The van der Waals surface area contributed by atoms with E-state index in [9.17, 15) is 22.0 Å². The highest BCUT2D eigenvalue weighted by Gasteiger charge is 2.38. The normalized spacial score (nSPS) is 11.8. The number of benzene rings is 2. The van der Waals surface area contributed by atoms with Crippen LogP contribution in [-0.2, 0) is 17.2 Å². The summed E-state index contributed by atoms with van der Waals surface area (Å²) in [5.74, 6) is 2.32. The number of aromatic nitrogens is 1. The number of hydrogen-bond acceptors (Lipinski definition) is 4. The Labute approximate surface area is 203 Å². The second-order valence-corrected chi connectivity index (χ2v) is 13.8. The number of ether oxygens (including phenoxy) is 1. The van der Waals surface area contributed by atoms with E-state index in [1.807, 2.05) is 19.6 Å². The van der Waals surface area contributed by atoms with Gasteiger partial charge in [0, 0.05) is 21.7 Å². The molecule has 3 rings (SSSR count). The summed E-state index contributed by atoms with van der Waals surface area (Å²) in [4.78, 5) is -1.01. The van der Waals surface area contributed by atoms with Gasteiger partial charge in [-0.05, 0) is 55.4 Å². The van der Waals surface area contributed by atoms with Crippen LogP contribution in [0.5, 0.6) is 5.75 Å². The molecule has 11 heteroatoms. The Morgan fingerprint density at radius 2 is 1.68 bits per heavy atom. The van der Waals surface area contributed by atoms with Crippen molar-refractivity contribution >= 4 is 31.5 Å². The van der Waals surface area contributed by atoms with Crippen molar-refractivity contribution in [3.63, 3.8) is 0 Å². The molecule has 0 amide bonds. The van der Waals surface area contributed by atoms with Gasteiger partial charge in [0.25, 0.3) is 0 Å². The van der Waals surface area contributed by atoms with Gasteiger partial charge in [0.05, 0.1) is 12.3 Å². The van der Waals surface area contributed by atoms with Crippen LogP contribution in [0.2, 0.25) is 24.7 Å². The average molecular weight is 532 g/mol. The third-order valence-corrected chi connectivity index (χ3v) is 6.53. The Morgan fingerprint density at radius 3 is 2.24 bits per heavy atom. The molecule has 180 valence electrons. The first-order valence-corrected chi connectivity index (χ1v) is 14.5. The molecule has 0 unspecified atom stereocenters. The van der Waals surface area contributed by atoms with E-state index in [-0.39, 0.29) is 35.0 Å². The molecular formula is C23H19ClF5NO2SSi. The van der Waals surface area contributed by atoms with Gasteiger partial charge in [0.2, 0.25) is 0 Å². The van der Waals surface area contributed by atoms with Crippen LogP contribution in [0.4, 0.5) is 22.0 Å². The van der Waals surface area contributed by atoms with E-state index in [0.29, 0.717) is 10.6 Å². The molecule has 0 saturated carbocycles. The maximum atomic E-state index is 14.5. The smallest absolute Gasteiger partial charge is 0.427 e. The minimum absolute atomic E-state index is 0.000284. The van der Waals surface area contributed by atoms with Gasteiger partial charge in [-0.2, -0.15) is 17.5 Å². The van der Waals surface area contributed by atoms with Gasteiger partial charge >= 0.3 is 6.18 Å². The lowest BCUT2D eigenvalue weighted by molar-refractivity contribution is -0.135. The SMILES string of the molecule is C[Si](C)(C)OCC#Cc1cc(F)c(OCc2c(-c3ccc(Cl)cc3)nsc2C(F)(F)F)c(F)c1. The van der Waals surface area contributed by atoms with Crippen molar-refractivity contribution in [1.82, 2.24) is 4.37 Å². The largest absolute Gasteiger partial charge is 0.483 e. The van der Waals surface area contributed by atoms with Gasteiger partial charge in [-0.15, -0.1) is 0 Å². The van der Waals surface area contributed by atoms with E-state index in [2.05, 4.69) is 16.2 Å². The summed E-state index contributed by atoms with van der Waals surface area (Å²) < 4.78 is 84.3. The van der Waals surface area contributed by atoms with E-state index < -0.39 is 43.4 Å². The van der Waals surface area contributed by atoms with Gasteiger partial charge in [-0.1, -0.05) is 35.6 Å². The lowest BCUT2D eigenvalue weighted by Crippen LogP contribution is -2.25. The van der Waals surface area contributed by atoms with Gasteiger partial charge in [0.15, 0.2) is 25.7 Å². The predicted molar refractivity (Wildman–Crippen MR) is 124 cm³/mol. The summed E-state index contributed by atoms with van der Waals surface area (Å²) in [6.07, 6.45) is -4.71. The highest BCUT2D eigenvalue weighted by molar-refractivity contribution is 7.06. The molecule has 1 aromatic heterocycles. The molecule has 3 nitrogen and oxygen atoms in total. The van der Waals surface area contributed by atoms with Crippen LogP contribution in [0.3, 0.4) is 0 Å². The van der Waals surface area contributed by atoms with Crippen LogP contribution >= 0.6 is 23.1 Å². The first-order chi connectivity index (χ1) is 15.8. The van der Waals surface area contributed by atoms with E-state index in [4.69, 9.17) is 20.8 Å². The van der Waals surface area contributed by atoms with Crippen molar-refractivity contribution in [3.05, 3.63) is 69.1 Å². The van der Waals surface area contributed by atoms with Crippen LogP contribution in [-0.4, -0.2) is 19.3 Å². The van der Waals surface area contributed by atoms with E-state index in [1.165, 1.54) is 24.3 Å². The number of hydrogen-bond donors (Lipinski definition) is 0. The zero-order chi connectivity index (χ0) is 25.1. The van der Waals surface area contributed by atoms with Crippen LogP contribution in [0, 0.1) is 23.5 Å². The Bertz CT molecular complexity index is 1200. The molecule has 0 bridgehead atoms. The van der Waals surface area contributed by atoms with Crippen molar-refractivity contribution in [1.29, 1.82) is 0 Å². The molecule has 0 radical (unpaired) electrons. The van der Waals surface area contributed by atoms with Gasteiger partial charge in [-0.3, -0.25) is 0 Å². The molecule has 2 aromatic carbocycles. The van der Waals surface area contributed by atoms with E-state index in [0.717, 1.165) is 12.1 Å². The molecule has 0 aliphatic heterocycles. The van der Waals surface area contributed by atoms with Crippen molar-refractivity contribution in [3.8, 4) is 28.8 Å². The zero-order valence-electron chi connectivity index (χ0n) is 18.3. The summed E-state index contributed by atoms with van der Waals surface area (Å²) >= 11 is 6.08. The molecule has 0 spiro atoms. The average Bonchev–Trinajstić information content (AvgIpc) is 3.15. The molecule has 0 aliphatic rings. The van der Waals surface area contributed by atoms with Gasteiger partial charge < -0.3 is 9.16 Å². The predicted octanol–water partition coefficient (Wildman–Crippen LogP) is 7.54. The number of nitrogens with zero attached hydrogens (tertiary/aromatic N) is 1. The minimum atomic E-state index is -4.71. The van der Waals surface area contributed by atoms with Crippen LogP contribution in [0.15, 0.2) is 36.4 Å². The van der Waals surface area contributed by atoms with Crippen molar-refractivity contribution in [2.24, 2.45) is 0 Å². The summed E-state index contributed by atoms with van der Waals surface area (Å²) in [6, 6.07) is 7.92. The summed E-state index contributed by atoms with van der Waals surface area (Å²) in [7, 11) is -1.78. The van der Waals surface area contributed by atoms with Crippen molar-refractivity contribution < 1.29 is 31.1 Å². The number of rotatable bonds is 6. The maximum absolute atomic E-state index is 14.5. The van der Waals surface area contributed by atoms with Gasteiger partial charge in [-0.25, -0.2) is 8.78 Å². The summed E-state index contributed by atoms with van der Waals surface area (Å²) in [6.45, 7) is 5.31. The molecule has 0 saturated heterocycles. The number of halogens is 6. The monoisotopic (exact) mass is 531 g/mol. The first-order valence-electron chi connectivity index (χ1n) is 9.91. The van der Waals surface area contributed by atoms with E-state index in [1.54, 1.807) is 0 Å². The Balaban J connectivity index is 1.85. The third kappa shape index (κ3) is 6.79. The fourth-order valence-electron chi connectivity index (χ4n) is 2.81. The summed E-state index contributed by atoms with van der Waals surface area (Å²) in [5.41, 5.74) is 0.0871. The molecule has 34 heavy (non-hydrogen) atoms. The Kier molecular flexibility index (Phi) is 8.03. The zero-order valence-corrected chi connectivity index (χ0v) is 20.9. The molecular weight excluding hydrogens is 513 g/mol. The molecule has 0 N–H and O–H groups in total. The van der Waals surface area contributed by atoms with Crippen molar-refractivity contribution in [2.45, 2.75) is 32.4 Å². The second-order valence-electron chi connectivity index (χ2n) is 8.10. The van der Waals surface area contributed by atoms with Crippen LogP contribution in [0.1, 0.15) is 16.0 Å². The quantitative estimate of drug-likeness (QED) is 0.187. The summed E-state index contributed by atoms with van der Waals surface area (Å²) in [5, 5.41) is 0.396. The lowest BCUT2D eigenvalue weighted by Gasteiger charge is -2.14. The standard InChI is InChI=1S/C23H19ClF5NO2SSi/c1-34(2,3)32-10-4-5-14-11-18(25)21(19(26)12-14)31-13-17-20(15-6-8-16(24)9-7-15)30-33-22(17)23(27,28)29/h6-9,11-12H,10,13H2,1-3H3. The number of alkyl halides is 3. The first kappa shape index (κ1) is 26.2. The fraction of sp³-hybridized carbons (Fsp3) is 0.261. The highest BCUT2D eigenvalue weighted by atomic mass is 35.5. The van der Waals surface area contributed by atoms with Crippen LogP contribution in [0.25, 0.3) is 11.3 Å². The van der Waals surface area contributed by atoms with Crippen LogP contribution < -0.4 is 4.74 Å². The van der Waals surface area contributed by atoms with Crippen molar-refractivity contribution in [2.75, 3.05) is 6.61 Å². The molecule has 0 atom stereocenters. The Hall–Kier alpha value is -2.45. The lowest BCUT2D eigenvalue weighted by atomic mass is 10.1. The molecule has 0 fully saturated rings. The van der Waals surface area contributed by atoms with Gasteiger partial charge in [0.1, 0.15) is 11.5 Å². The molecule has 3 aromatic rings. The molecule has 0 aliphatic carbocycles. The molecule has 1 heterocycles. The minimum Gasteiger partial charge on any atom is -0.483 e.